The molecule has 1 N–H and O–H groups in total. The number of fused-ring (bicyclic) bond motifs is 3. The predicted molar refractivity (Wildman–Crippen MR) is 135 cm³/mol. The van der Waals surface area contributed by atoms with E-state index in [-0.39, 0.29) is 17.5 Å². The molecule has 0 atom stereocenters. The zero-order valence-corrected chi connectivity index (χ0v) is 20.5. The van der Waals surface area contributed by atoms with Gasteiger partial charge in [-0.3, -0.25) is 9.59 Å². The minimum atomic E-state index is -0.113. The van der Waals surface area contributed by atoms with Crippen LogP contribution in [0.25, 0.3) is 17.1 Å². The molecule has 1 amide bonds. The van der Waals surface area contributed by atoms with Crippen LogP contribution >= 0.6 is 11.8 Å². The van der Waals surface area contributed by atoms with Crippen LogP contribution < -0.4 is 10.9 Å². The van der Waals surface area contributed by atoms with Crippen LogP contribution in [-0.4, -0.2) is 37.0 Å². The Morgan fingerprint density at radius 2 is 1.74 bits per heavy atom. The molecule has 3 aliphatic heterocycles. The second kappa shape index (κ2) is 10.8. The van der Waals surface area contributed by atoms with E-state index in [1.54, 1.807) is 0 Å². The summed E-state index contributed by atoms with van der Waals surface area (Å²) in [5, 5.41) is 8.63. The Kier molecular flexibility index (Phi) is 7.33. The molecule has 4 aliphatic rings. The van der Waals surface area contributed by atoms with Gasteiger partial charge in [0.2, 0.25) is 5.91 Å². The molecule has 3 heterocycles. The van der Waals surface area contributed by atoms with Gasteiger partial charge in [0.1, 0.15) is 5.56 Å². The lowest BCUT2D eigenvalue weighted by molar-refractivity contribution is -0.119. The molecule has 0 aromatic heterocycles. The Balaban J connectivity index is 1.41. The number of para-hydroxylation sites is 1. The summed E-state index contributed by atoms with van der Waals surface area (Å²) in [7, 11) is 0. The van der Waals surface area contributed by atoms with Crippen molar-refractivity contribution in [1.82, 2.24) is 24.6 Å². The Morgan fingerprint density at radius 3 is 2.53 bits per heavy atom. The number of hydrogen-bond donors (Lipinski definition) is 1. The van der Waals surface area contributed by atoms with Gasteiger partial charge in [0.15, 0.2) is 11.0 Å². The van der Waals surface area contributed by atoms with Crippen molar-refractivity contribution in [2.24, 2.45) is 0 Å². The standard InChI is InChI=1S/C26H33N5O2S/c32-22(27-19-12-6-2-1-3-7-13-19)18-34-26-28-24-23(21-16-10-5-11-17-30(21)26)25(33)31(29-24)20-14-8-4-9-15-20/h4,8-9,14-15,19H,1-3,5-7,10-13,16-18H2,(H,27,32). The zero-order valence-electron chi connectivity index (χ0n) is 19.7. The number of thioether (sulfide) groups is 1. The lowest BCUT2D eigenvalue weighted by Gasteiger charge is -2.21. The van der Waals surface area contributed by atoms with Crippen molar-refractivity contribution in [3.8, 4) is 17.1 Å². The number of nitrogens with zero attached hydrogens (tertiary/aromatic N) is 4. The van der Waals surface area contributed by atoms with Crippen molar-refractivity contribution in [3.63, 3.8) is 0 Å². The summed E-state index contributed by atoms with van der Waals surface area (Å²) in [6.07, 6.45) is 12.4. The molecule has 7 nitrogen and oxygen atoms in total. The van der Waals surface area contributed by atoms with Crippen LogP contribution in [0.5, 0.6) is 0 Å². The van der Waals surface area contributed by atoms with E-state index in [1.165, 1.54) is 48.5 Å². The third kappa shape index (κ3) is 5.06. The van der Waals surface area contributed by atoms with Crippen molar-refractivity contribution in [2.75, 3.05) is 5.75 Å². The molecular weight excluding hydrogens is 446 g/mol. The van der Waals surface area contributed by atoms with Gasteiger partial charge < -0.3 is 9.88 Å². The fraction of sp³-hybridized carbons (Fsp3) is 0.538. The van der Waals surface area contributed by atoms with Crippen molar-refractivity contribution in [3.05, 3.63) is 46.4 Å². The molecule has 1 aliphatic carbocycles. The van der Waals surface area contributed by atoms with Gasteiger partial charge in [-0.05, 0) is 44.2 Å². The molecule has 34 heavy (non-hydrogen) atoms. The molecule has 180 valence electrons. The van der Waals surface area contributed by atoms with E-state index in [0.717, 1.165) is 61.6 Å². The smallest absolute Gasteiger partial charge is 0.284 e. The summed E-state index contributed by atoms with van der Waals surface area (Å²) < 4.78 is 3.63. The van der Waals surface area contributed by atoms with Crippen molar-refractivity contribution in [1.29, 1.82) is 0 Å². The van der Waals surface area contributed by atoms with E-state index >= 15 is 0 Å². The molecule has 8 heteroatoms. The third-order valence-corrected chi connectivity index (χ3v) is 7.95. The SMILES string of the molecule is O=C(CSc1nc2nn(-c3ccccc3)c(=O)c-2c2n1CCCCC2)NC1CCCCCCC1. The lowest BCUT2D eigenvalue weighted by atomic mass is 9.97. The summed E-state index contributed by atoms with van der Waals surface area (Å²) in [5.74, 6) is 0.877. The topological polar surface area (TPSA) is 81.8 Å². The maximum absolute atomic E-state index is 13.3. The van der Waals surface area contributed by atoms with Crippen molar-refractivity contribution in [2.45, 2.75) is 88.4 Å². The van der Waals surface area contributed by atoms with E-state index in [0.29, 0.717) is 17.1 Å². The van der Waals surface area contributed by atoms with Crippen molar-refractivity contribution >= 4 is 17.7 Å². The average Bonchev–Trinajstić information content (AvgIpc) is 2.99. The van der Waals surface area contributed by atoms with Gasteiger partial charge in [-0.1, -0.05) is 68.5 Å². The minimum Gasteiger partial charge on any atom is -0.353 e. The van der Waals surface area contributed by atoms with E-state index in [4.69, 9.17) is 4.98 Å². The van der Waals surface area contributed by atoms with Crippen LogP contribution in [0.3, 0.4) is 0 Å². The highest BCUT2D eigenvalue weighted by Crippen LogP contribution is 2.30. The highest BCUT2D eigenvalue weighted by molar-refractivity contribution is 7.99. The van der Waals surface area contributed by atoms with Crippen LogP contribution in [0.15, 0.2) is 40.3 Å². The highest BCUT2D eigenvalue weighted by atomic mass is 32.2. The first kappa shape index (κ1) is 23.1. The summed E-state index contributed by atoms with van der Waals surface area (Å²) >= 11 is 1.46. The molecule has 0 radical (unpaired) electrons. The summed E-state index contributed by atoms with van der Waals surface area (Å²) in [6.45, 7) is 0.820. The molecule has 1 aromatic rings. The molecular formula is C26H33N5O2S. The fourth-order valence-corrected chi connectivity index (χ4v) is 6.06. The number of nitrogens with one attached hydrogen (secondary N) is 1. The van der Waals surface area contributed by atoms with Gasteiger partial charge in [0.25, 0.3) is 5.56 Å². The molecule has 0 spiro atoms. The predicted octanol–water partition coefficient (Wildman–Crippen LogP) is 4.58. The van der Waals surface area contributed by atoms with Crippen molar-refractivity contribution < 1.29 is 4.79 Å². The third-order valence-electron chi connectivity index (χ3n) is 6.97. The number of carbonyl (C=O) groups excluding carboxylic acids is 1. The number of carbonyl (C=O) groups is 1. The summed E-state index contributed by atoms with van der Waals surface area (Å²) in [6, 6.07) is 9.79. The lowest BCUT2D eigenvalue weighted by Crippen LogP contribution is -2.36. The Bertz CT molecular complexity index is 1150. The number of amides is 1. The quantitative estimate of drug-likeness (QED) is 0.428. The van der Waals surface area contributed by atoms with E-state index in [1.807, 2.05) is 30.3 Å². The monoisotopic (exact) mass is 479 g/mol. The van der Waals surface area contributed by atoms with Gasteiger partial charge in [-0.15, -0.1) is 5.10 Å². The summed E-state index contributed by atoms with van der Waals surface area (Å²) in [4.78, 5) is 30.9. The second-order valence-electron chi connectivity index (χ2n) is 9.45. The molecule has 5 rings (SSSR count). The Hall–Kier alpha value is -2.61. The maximum Gasteiger partial charge on any atom is 0.284 e. The summed E-state index contributed by atoms with van der Waals surface area (Å²) in [5.41, 5.74) is 2.26. The van der Waals surface area contributed by atoms with Crippen LogP contribution in [0.2, 0.25) is 0 Å². The highest BCUT2D eigenvalue weighted by Gasteiger charge is 2.27. The van der Waals surface area contributed by atoms with Crippen LogP contribution in [-0.2, 0) is 17.8 Å². The van der Waals surface area contributed by atoms with Crippen LogP contribution in [0, 0.1) is 0 Å². The molecule has 0 unspecified atom stereocenters. The maximum atomic E-state index is 13.3. The Morgan fingerprint density at radius 1 is 1.00 bits per heavy atom. The van der Waals surface area contributed by atoms with Gasteiger partial charge >= 0.3 is 0 Å². The van der Waals surface area contributed by atoms with Gasteiger partial charge in [-0.2, -0.15) is 4.68 Å². The van der Waals surface area contributed by atoms with E-state index < -0.39 is 0 Å². The minimum absolute atomic E-state index is 0.0692. The fourth-order valence-electron chi connectivity index (χ4n) is 5.21. The molecule has 1 fully saturated rings. The van der Waals surface area contributed by atoms with Gasteiger partial charge in [0.05, 0.1) is 11.4 Å². The average molecular weight is 480 g/mol. The number of benzene rings is 1. The molecule has 1 saturated carbocycles. The number of rotatable bonds is 5. The normalized spacial score (nSPS) is 17.5. The van der Waals surface area contributed by atoms with Crippen LogP contribution in [0.1, 0.15) is 69.9 Å². The largest absolute Gasteiger partial charge is 0.353 e. The first-order chi connectivity index (χ1) is 16.7. The first-order valence-corrected chi connectivity index (χ1v) is 13.7. The molecule has 1 aromatic carbocycles. The number of hydrogen-bond acceptors (Lipinski definition) is 5. The zero-order chi connectivity index (χ0) is 23.3. The van der Waals surface area contributed by atoms with Crippen LogP contribution in [0.4, 0.5) is 0 Å². The number of aromatic nitrogens is 4. The Labute approximate surface area is 204 Å². The molecule has 0 bridgehead atoms. The van der Waals surface area contributed by atoms with Gasteiger partial charge in [-0.25, -0.2) is 4.98 Å². The second-order valence-corrected chi connectivity index (χ2v) is 10.4. The van der Waals surface area contributed by atoms with E-state index in [9.17, 15) is 9.59 Å². The van der Waals surface area contributed by atoms with Gasteiger partial charge in [0, 0.05) is 18.3 Å². The van der Waals surface area contributed by atoms with E-state index in [2.05, 4.69) is 15.0 Å². The first-order valence-electron chi connectivity index (χ1n) is 12.7. The molecule has 0 saturated heterocycles.